The quantitative estimate of drug-likeness (QED) is 0.174. The third kappa shape index (κ3) is 9.44. The first-order valence-corrected chi connectivity index (χ1v) is 19.0. The topological polar surface area (TPSA) is 164 Å². The largest absolute Gasteiger partial charge is 0.487 e. The van der Waals surface area contributed by atoms with Gasteiger partial charge >= 0.3 is 0 Å². The van der Waals surface area contributed by atoms with Crippen molar-refractivity contribution in [1.29, 1.82) is 0 Å². The van der Waals surface area contributed by atoms with Gasteiger partial charge in [-0.3, -0.25) is 9.58 Å². The summed E-state index contributed by atoms with van der Waals surface area (Å²) in [7, 11) is -3.08. The first-order chi connectivity index (χ1) is 23.8. The number of morpholine rings is 1. The van der Waals surface area contributed by atoms with Crippen LogP contribution >= 0.6 is 11.6 Å². The molecular formula is C32H43ClN10O5S. The highest BCUT2D eigenvalue weighted by molar-refractivity contribution is 7.91. The molecule has 264 valence electrons. The van der Waals surface area contributed by atoms with Gasteiger partial charge in [-0.1, -0.05) is 24.6 Å². The Hall–Kier alpha value is -3.86. The number of hydrogen-bond acceptors (Lipinski definition) is 13. The lowest BCUT2D eigenvalue weighted by Crippen LogP contribution is -2.45. The molecule has 4 heterocycles. The van der Waals surface area contributed by atoms with Gasteiger partial charge < -0.3 is 19.5 Å². The predicted octanol–water partition coefficient (Wildman–Crippen LogP) is 4.21. The highest BCUT2D eigenvalue weighted by Crippen LogP contribution is 2.35. The van der Waals surface area contributed by atoms with Gasteiger partial charge in [-0.2, -0.15) is 0 Å². The molecule has 17 heteroatoms. The monoisotopic (exact) mass is 714 g/mol. The number of nitrogens with one attached hydrogen (secondary N) is 1. The van der Waals surface area contributed by atoms with E-state index in [2.05, 4.69) is 35.7 Å². The lowest BCUT2D eigenvalue weighted by Gasteiger charge is -2.38. The number of nitrogens with zero attached hydrogens (tertiary/aromatic N) is 9. The highest BCUT2D eigenvalue weighted by atomic mass is 35.5. The zero-order chi connectivity index (χ0) is 34.2. The molecule has 2 aliphatic rings. The van der Waals surface area contributed by atoms with E-state index in [9.17, 15) is 8.42 Å². The van der Waals surface area contributed by atoms with Gasteiger partial charge in [0.25, 0.3) is 5.88 Å². The molecule has 1 aliphatic carbocycles. The van der Waals surface area contributed by atoms with Gasteiger partial charge in [0.15, 0.2) is 0 Å². The number of aromatic nitrogens is 8. The van der Waals surface area contributed by atoms with Crippen LogP contribution in [0.25, 0.3) is 11.1 Å². The number of tetrazole rings is 1. The fourth-order valence-corrected chi connectivity index (χ4v) is 7.20. The Morgan fingerprint density at radius 2 is 1.84 bits per heavy atom. The van der Waals surface area contributed by atoms with E-state index in [4.69, 9.17) is 30.9 Å². The molecule has 2 fully saturated rings. The summed E-state index contributed by atoms with van der Waals surface area (Å²) < 4.78 is 45.2. The Kier molecular flexibility index (Phi) is 11.6. The van der Waals surface area contributed by atoms with E-state index in [1.807, 2.05) is 29.9 Å². The van der Waals surface area contributed by atoms with Crippen LogP contribution in [0.5, 0.6) is 11.6 Å². The summed E-state index contributed by atoms with van der Waals surface area (Å²) in [6.07, 6.45) is 11.3. The van der Waals surface area contributed by atoms with Gasteiger partial charge in [0.2, 0.25) is 5.95 Å². The van der Waals surface area contributed by atoms with E-state index in [-0.39, 0.29) is 30.3 Å². The van der Waals surface area contributed by atoms with Gasteiger partial charge in [0.1, 0.15) is 33.7 Å². The van der Waals surface area contributed by atoms with Crippen LogP contribution < -0.4 is 14.8 Å². The van der Waals surface area contributed by atoms with Crippen LogP contribution in [-0.2, 0) is 21.1 Å². The smallest absolute Gasteiger partial charge is 0.256 e. The Bertz CT molecular complexity index is 1740. The molecule has 0 amide bonds. The van der Waals surface area contributed by atoms with Crippen LogP contribution in [0, 0.1) is 0 Å². The minimum Gasteiger partial charge on any atom is -0.487 e. The molecule has 1 atom stereocenters. The molecule has 49 heavy (non-hydrogen) atoms. The third-order valence-corrected chi connectivity index (χ3v) is 11.0. The summed E-state index contributed by atoms with van der Waals surface area (Å²) in [5, 5.41) is 19.8. The molecule has 0 unspecified atom stereocenters. The minimum absolute atomic E-state index is 0.0682. The van der Waals surface area contributed by atoms with Gasteiger partial charge in [0.05, 0.1) is 49.4 Å². The molecule has 1 saturated carbocycles. The molecular weight excluding hydrogens is 672 g/mol. The molecule has 6 rings (SSSR count). The maximum atomic E-state index is 12.0. The molecule has 0 spiro atoms. The second kappa shape index (κ2) is 16.2. The number of sulfone groups is 1. The van der Waals surface area contributed by atoms with E-state index < -0.39 is 9.84 Å². The van der Waals surface area contributed by atoms with Gasteiger partial charge in [-0.05, 0) is 67.2 Å². The predicted molar refractivity (Wildman–Crippen MR) is 184 cm³/mol. The number of halogens is 1. The number of ether oxygens (including phenoxy) is 3. The van der Waals surface area contributed by atoms with Crippen molar-refractivity contribution < 1.29 is 22.6 Å². The van der Waals surface area contributed by atoms with Crippen molar-refractivity contribution in [2.45, 2.75) is 70.7 Å². The molecule has 1 aliphatic heterocycles. The lowest BCUT2D eigenvalue weighted by molar-refractivity contribution is 0.00503. The normalized spacial score (nSPS) is 19.4. The van der Waals surface area contributed by atoms with E-state index in [1.54, 1.807) is 30.1 Å². The zero-order valence-corrected chi connectivity index (χ0v) is 29.4. The molecule has 1 aromatic carbocycles. The van der Waals surface area contributed by atoms with Crippen LogP contribution in [0.3, 0.4) is 0 Å². The highest BCUT2D eigenvalue weighted by Gasteiger charge is 2.29. The fourth-order valence-electron chi connectivity index (χ4n) is 6.19. The maximum Gasteiger partial charge on any atom is 0.256 e. The van der Waals surface area contributed by atoms with Crippen molar-refractivity contribution in [1.82, 2.24) is 44.9 Å². The van der Waals surface area contributed by atoms with Crippen LogP contribution in [0.15, 0.2) is 43.1 Å². The first kappa shape index (κ1) is 35.0. The molecule has 4 aromatic rings. The number of rotatable bonds is 15. The van der Waals surface area contributed by atoms with Crippen LogP contribution in [0.4, 0.5) is 11.6 Å². The van der Waals surface area contributed by atoms with Crippen molar-refractivity contribution in [3.05, 3.63) is 48.1 Å². The van der Waals surface area contributed by atoms with Crippen LogP contribution in [-0.4, -0.2) is 110 Å². The second-order valence-corrected chi connectivity index (χ2v) is 15.3. The van der Waals surface area contributed by atoms with Gasteiger partial charge in [-0.15, -0.1) is 10.2 Å². The van der Waals surface area contributed by atoms with Crippen LogP contribution in [0.1, 0.15) is 52.0 Å². The van der Waals surface area contributed by atoms with Crippen molar-refractivity contribution >= 4 is 33.1 Å². The van der Waals surface area contributed by atoms with Crippen molar-refractivity contribution in [3.63, 3.8) is 0 Å². The summed E-state index contributed by atoms with van der Waals surface area (Å²) in [6.45, 7) is 7.84. The van der Waals surface area contributed by atoms with Gasteiger partial charge in [0, 0.05) is 42.8 Å². The van der Waals surface area contributed by atoms with E-state index in [0.717, 1.165) is 63.1 Å². The average Bonchev–Trinajstić information content (AvgIpc) is 3.78. The summed E-state index contributed by atoms with van der Waals surface area (Å²) in [4.78, 5) is 11.7. The van der Waals surface area contributed by atoms with E-state index >= 15 is 0 Å². The standard InChI is InChI=1S/C32H43ClN10O5S/c1-3-49(44,45)16-4-13-47-31-29(21-43(38-31)27-8-6-26(7-9-27)41-11-14-46-15-12-41)37-32-34-18-25(19-35-32)24-5-10-28(33)30(17-24)48-23(2)20-42-22-36-39-40-42/h5,10,17-19,21-23,26-27H,3-4,6-9,11-16,20H2,1-2H3,(H,34,35,37)/t23-,26-,27-/m0/s1. The Morgan fingerprint density at radius 1 is 1.08 bits per heavy atom. The number of benzene rings is 1. The molecule has 0 radical (unpaired) electrons. The lowest BCUT2D eigenvalue weighted by atomic mass is 9.90. The summed E-state index contributed by atoms with van der Waals surface area (Å²) in [6, 6.07) is 6.32. The molecule has 1 saturated heterocycles. The number of anilines is 2. The Balaban J connectivity index is 1.13. The van der Waals surface area contributed by atoms with Crippen molar-refractivity contribution in [3.8, 4) is 22.8 Å². The Labute approximate surface area is 291 Å². The second-order valence-electron chi connectivity index (χ2n) is 12.4. The summed E-state index contributed by atoms with van der Waals surface area (Å²) in [5.74, 6) is 1.48. The molecule has 1 N–H and O–H groups in total. The third-order valence-electron chi connectivity index (χ3n) is 8.91. The molecule has 0 bridgehead atoms. The number of hydrogen-bond donors (Lipinski definition) is 1. The van der Waals surface area contributed by atoms with Crippen molar-refractivity contribution in [2.75, 3.05) is 49.7 Å². The van der Waals surface area contributed by atoms with E-state index in [0.29, 0.717) is 47.3 Å². The summed E-state index contributed by atoms with van der Waals surface area (Å²) >= 11 is 6.45. The average molecular weight is 715 g/mol. The zero-order valence-electron chi connectivity index (χ0n) is 27.8. The van der Waals surface area contributed by atoms with Crippen LogP contribution in [0.2, 0.25) is 5.02 Å². The molecule has 3 aromatic heterocycles. The Morgan fingerprint density at radius 3 is 2.55 bits per heavy atom. The van der Waals surface area contributed by atoms with Crippen molar-refractivity contribution in [2.24, 2.45) is 0 Å². The van der Waals surface area contributed by atoms with E-state index in [1.165, 1.54) is 6.33 Å². The minimum atomic E-state index is -3.08. The SMILES string of the molecule is CCS(=O)(=O)CCCOc1nn([C@H]2CC[C@H](N3CCOCC3)CC2)cc1Nc1ncc(-c2ccc(Cl)c(O[C@@H](C)Cn3cnnn3)c2)cn1. The first-order valence-electron chi connectivity index (χ1n) is 16.8. The fraction of sp³-hybridized carbons (Fsp3) is 0.562. The maximum absolute atomic E-state index is 12.0. The van der Waals surface area contributed by atoms with Gasteiger partial charge in [-0.25, -0.2) is 23.1 Å². The molecule has 15 nitrogen and oxygen atoms in total. The summed E-state index contributed by atoms with van der Waals surface area (Å²) in [5.41, 5.74) is 2.24.